The van der Waals surface area contributed by atoms with Gasteiger partial charge in [-0.25, -0.2) is 4.79 Å². The maximum absolute atomic E-state index is 12.3. The highest BCUT2D eigenvalue weighted by molar-refractivity contribution is 5.89. The summed E-state index contributed by atoms with van der Waals surface area (Å²) in [6.45, 7) is 7.08. The third-order valence-corrected chi connectivity index (χ3v) is 6.19. The lowest BCUT2D eigenvalue weighted by atomic mass is 9.99. The topological polar surface area (TPSA) is 47.6 Å². The summed E-state index contributed by atoms with van der Waals surface area (Å²) < 4.78 is 0. The van der Waals surface area contributed by atoms with Crippen LogP contribution in [-0.2, 0) is 13.0 Å². The maximum Gasteiger partial charge on any atom is 0.319 e. The Morgan fingerprint density at radius 1 is 0.966 bits per heavy atom. The predicted molar refractivity (Wildman–Crippen MR) is 120 cm³/mol. The molecule has 2 aliphatic heterocycles. The standard InChI is InChI=1S/C24H32N4O/c1-19(28-16-13-20-7-3-4-8-21(20)18-28)17-25-24(29)26-22-9-11-23(12-10-22)27-14-5-2-6-15-27/h3-4,7-12,19H,2,5-6,13-18H2,1H3,(H2,25,26,29)/t19-/m1/s1. The van der Waals surface area contributed by atoms with E-state index in [1.807, 2.05) is 12.1 Å². The summed E-state index contributed by atoms with van der Waals surface area (Å²) in [5.41, 5.74) is 4.94. The first-order valence-corrected chi connectivity index (χ1v) is 10.9. The van der Waals surface area contributed by atoms with E-state index in [2.05, 4.69) is 63.8 Å². The van der Waals surface area contributed by atoms with Gasteiger partial charge in [0.1, 0.15) is 0 Å². The van der Waals surface area contributed by atoms with Crippen LogP contribution in [0.15, 0.2) is 48.5 Å². The van der Waals surface area contributed by atoms with Gasteiger partial charge in [0.25, 0.3) is 0 Å². The Bertz CT molecular complexity index is 814. The van der Waals surface area contributed by atoms with E-state index in [1.54, 1.807) is 0 Å². The highest BCUT2D eigenvalue weighted by Crippen LogP contribution is 2.22. The van der Waals surface area contributed by atoms with Crippen molar-refractivity contribution in [2.45, 2.75) is 45.2 Å². The summed E-state index contributed by atoms with van der Waals surface area (Å²) in [5, 5.41) is 5.99. The minimum atomic E-state index is -0.139. The van der Waals surface area contributed by atoms with Crippen molar-refractivity contribution in [2.24, 2.45) is 0 Å². The molecular formula is C24H32N4O. The van der Waals surface area contributed by atoms with Crippen LogP contribution in [0, 0.1) is 0 Å². The van der Waals surface area contributed by atoms with Crippen LogP contribution in [0.4, 0.5) is 16.2 Å². The van der Waals surface area contributed by atoms with Crippen LogP contribution in [0.25, 0.3) is 0 Å². The fourth-order valence-corrected chi connectivity index (χ4v) is 4.35. The number of nitrogens with zero attached hydrogens (tertiary/aromatic N) is 2. The summed E-state index contributed by atoms with van der Waals surface area (Å²) >= 11 is 0. The molecule has 2 aromatic carbocycles. The van der Waals surface area contributed by atoms with Crippen LogP contribution in [0.1, 0.15) is 37.3 Å². The molecule has 0 radical (unpaired) electrons. The van der Waals surface area contributed by atoms with Crippen molar-refractivity contribution in [3.63, 3.8) is 0 Å². The zero-order valence-corrected chi connectivity index (χ0v) is 17.4. The van der Waals surface area contributed by atoms with Crippen LogP contribution in [0.3, 0.4) is 0 Å². The number of nitrogens with one attached hydrogen (secondary N) is 2. The lowest BCUT2D eigenvalue weighted by Gasteiger charge is -2.33. The van der Waals surface area contributed by atoms with Crippen LogP contribution >= 0.6 is 0 Å². The molecule has 1 fully saturated rings. The molecule has 4 rings (SSSR count). The van der Waals surface area contributed by atoms with Gasteiger partial charge < -0.3 is 15.5 Å². The molecule has 29 heavy (non-hydrogen) atoms. The average Bonchev–Trinajstić information content (AvgIpc) is 2.78. The normalized spacial score (nSPS) is 18.0. The van der Waals surface area contributed by atoms with E-state index in [0.29, 0.717) is 12.6 Å². The second-order valence-electron chi connectivity index (χ2n) is 8.27. The number of carbonyl (C=O) groups is 1. The van der Waals surface area contributed by atoms with E-state index >= 15 is 0 Å². The predicted octanol–water partition coefficient (Wildman–Crippen LogP) is 4.25. The number of benzene rings is 2. The Balaban J connectivity index is 1.23. The summed E-state index contributed by atoms with van der Waals surface area (Å²) in [4.78, 5) is 17.2. The van der Waals surface area contributed by atoms with Crippen molar-refractivity contribution in [1.82, 2.24) is 10.2 Å². The summed E-state index contributed by atoms with van der Waals surface area (Å²) in [7, 11) is 0. The molecule has 5 nitrogen and oxygen atoms in total. The Morgan fingerprint density at radius 3 is 2.45 bits per heavy atom. The number of amides is 2. The number of rotatable bonds is 5. The average molecular weight is 393 g/mol. The van der Waals surface area contributed by atoms with Crippen molar-refractivity contribution in [1.29, 1.82) is 0 Å². The molecule has 1 saturated heterocycles. The lowest BCUT2D eigenvalue weighted by Crippen LogP contribution is -2.45. The number of hydrogen-bond acceptors (Lipinski definition) is 3. The van der Waals surface area contributed by atoms with E-state index in [-0.39, 0.29) is 6.03 Å². The summed E-state index contributed by atoms with van der Waals surface area (Å²) in [6.07, 6.45) is 4.95. The minimum Gasteiger partial charge on any atom is -0.372 e. The molecule has 1 atom stereocenters. The molecule has 2 aliphatic rings. The lowest BCUT2D eigenvalue weighted by molar-refractivity contribution is 0.186. The monoisotopic (exact) mass is 392 g/mol. The fraction of sp³-hybridized carbons (Fsp3) is 0.458. The Hall–Kier alpha value is -2.53. The maximum atomic E-state index is 12.3. The van der Waals surface area contributed by atoms with Crippen molar-refractivity contribution >= 4 is 17.4 Å². The smallest absolute Gasteiger partial charge is 0.319 e. The van der Waals surface area contributed by atoms with E-state index in [0.717, 1.165) is 38.3 Å². The van der Waals surface area contributed by atoms with Gasteiger partial charge in [-0.15, -0.1) is 0 Å². The van der Waals surface area contributed by atoms with Crippen LogP contribution in [0.5, 0.6) is 0 Å². The summed E-state index contributed by atoms with van der Waals surface area (Å²) in [5.74, 6) is 0. The number of fused-ring (bicyclic) bond motifs is 1. The molecule has 2 aromatic rings. The molecule has 154 valence electrons. The number of anilines is 2. The van der Waals surface area contributed by atoms with Crippen molar-refractivity contribution in [2.75, 3.05) is 36.4 Å². The Kier molecular flexibility index (Phi) is 6.35. The molecule has 0 unspecified atom stereocenters. The van der Waals surface area contributed by atoms with Crippen molar-refractivity contribution in [3.8, 4) is 0 Å². The van der Waals surface area contributed by atoms with Gasteiger partial charge in [0, 0.05) is 50.1 Å². The Morgan fingerprint density at radius 2 is 1.69 bits per heavy atom. The SMILES string of the molecule is C[C@H](CNC(=O)Nc1ccc(N2CCCCC2)cc1)N1CCc2ccccc2C1. The molecule has 0 aliphatic carbocycles. The Labute approximate surface area is 174 Å². The molecule has 0 spiro atoms. The van der Waals surface area contributed by atoms with Crippen molar-refractivity contribution in [3.05, 3.63) is 59.7 Å². The molecule has 5 heteroatoms. The molecule has 2 N–H and O–H groups in total. The van der Waals surface area contributed by atoms with E-state index in [4.69, 9.17) is 0 Å². The second kappa shape index (κ2) is 9.31. The van der Waals surface area contributed by atoms with Gasteiger partial charge in [-0.1, -0.05) is 24.3 Å². The fourth-order valence-electron chi connectivity index (χ4n) is 4.35. The highest BCUT2D eigenvalue weighted by atomic mass is 16.2. The van der Waals surface area contributed by atoms with E-state index < -0.39 is 0 Å². The number of piperidine rings is 1. The van der Waals surface area contributed by atoms with Crippen LogP contribution < -0.4 is 15.5 Å². The number of urea groups is 1. The molecule has 2 heterocycles. The summed E-state index contributed by atoms with van der Waals surface area (Å²) in [6, 6.07) is 17.0. The number of hydrogen-bond donors (Lipinski definition) is 2. The van der Waals surface area contributed by atoms with Gasteiger partial charge in [-0.3, -0.25) is 4.90 Å². The minimum absolute atomic E-state index is 0.139. The third-order valence-electron chi connectivity index (χ3n) is 6.19. The molecule has 0 saturated carbocycles. The second-order valence-corrected chi connectivity index (χ2v) is 8.27. The van der Waals surface area contributed by atoms with Gasteiger partial charge in [0.2, 0.25) is 0 Å². The van der Waals surface area contributed by atoms with Crippen LogP contribution in [0.2, 0.25) is 0 Å². The quantitative estimate of drug-likeness (QED) is 0.800. The van der Waals surface area contributed by atoms with Crippen LogP contribution in [-0.4, -0.2) is 43.2 Å². The van der Waals surface area contributed by atoms with Gasteiger partial charge in [-0.05, 0) is 68.0 Å². The third kappa shape index (κ3) is 5.10. The number of carbonyl (C=O) groups excluding carboxylic acids is 1. The molecular weight excluding hydrogens is 360 g/mol. The van der Waals surface area contributed by atoms with Gasteiger partial charge in [-0.2, -0.15) is 0 Å². The molecule has 0 aromatic heterocycles. The first-order valence-electron chi connectivity index (χ1n) is 10.9. The zero-order valence-electron chi connectivity index (χ0n) is 17.4. The molecule has 0 bridgehead atoms. The zero-order chi connectivity index (χ0) is 20.1. The largest absolute Gasteiger partial charge is 0.372 e. The highest BCUT2D eigenvalue weighted by Gasteiger charge is 2.20. The first kappa shape index (κ1) is 19.8. The first-order chi connectivity index (χ1) is 14.2. The van der Waals surface area contributed by atoms with Gasteiger partial charge in [0.15, 0.2) is 0 Å². The van der Waals surface area contributed by atoms with E-state index in [9.17, 15) is 4.79 Å². The molecule has 2 amide bonds. The van der Waals surface area contributed by atoms with E-state index in [1.165, 1.54) is 36.1 Å². The van der Waals surface area contributed by atoms with Gasteiger partial charge in [0.05, 0.1) is 0 Å². The van der Waals surface area contributed by atoms with Crippen molar-refractivity contribution < 1.29 is 4.79 Å². The van der Waals surface area contributed by atoms with Gasteiger partial charge >= 0.3 is 6.03 Å².